The molecule has 0 aromatic heterocycles. The van der Waals surface area contributed by atoms with Gasteiger partial charge in [0.2, 0.25) is 0 Å². The Morgan fingerprint density at radius 3 is 2.70 bits per heavy atom. The van der Waals surface area contributed by atoms with E-state index in [1.165, 1.54) is 24.3 Å². The second-order valence-electron chi connectivity index (χ2n) is 5.14. The highest BCUT2D eigenvalue weighted by Crippen LogP contribution is 2.19. The molecule has 0 aliphatic carbocycles. The predicted molar refractivity (Wildman–Crippen MR) is 70.5 cm³/mol. The molecule has 0 radical (unpaired) electrons. The van der Waals surface area contributed by atoms with Crippen molar-refractivity contribution in [1.29, 1.82) is 0 Å². The molecule has 2 N–H and O–H groups in total. The number of aliphatic hydroxyl groups excluding tert-OH is 1. The molecule has 1 aromatic rings. The molecule has 0 saturated carbocycles. The fourth-order valence-electron chi connectivity index (χ4n) is 2.32. The van der Waals surface area contributed by atoms with Gasteiger partial charge in [-0.2, -0.15) is 0 Å². The molecule has 110 valence electrons. The highest BCUT2D eigenvalue weighted by Gasteiger charge is 2.26. The Morgan fingerprint density at radius 2 is 2.15 bits per heavy atom. The first kappa shape index (κ1) is 14.9. The minimum Gasteiger partial charge on any atom is -0.392 e. The number of amides is 1. The van der Waals surface area contributed by atoms with Gasteiger partial charge in [0.1, 0.15) is 5.82 Å². The number of hydroxylamine groups is 2. The van der Waals surface area contributed by atoms with Crippen LogP contribution in [0.3, 0.4) is 0 Å². The number of halogens is 1. The monoisotopic (exact) mass is 282 g/mol. The van der Waals surface area contributed by atoms with Gasteiger partial charge >= 0.3 is 0 Å². The summed E-state index contributed by atoms with van der Waals surface area (Å²) < 4.78 is 12.8. The number of β-amino-alcohol motifs (C(OH)–C–C–N with tert-alkyl or cyclic N) is 1. The molecule has 1 aromatic carbocycles. The van der Waals surface area contributed by atoms with Crippen LogP contribution in [0, 0.1) is 5.82 Å². The van der Waals surface area contributed by atoms with Crippen molar-refractivity contribution in [2.75, 3.05) is 19.6 Å². The van der Waals surface area contributed by atoms with Gasteiger partial charge in [-0.25, -0.2) is 9.45 Å². The average molecular weight is 282 g/mol. The van der Waals surface area contributed by atoms with Crippen molar-refractivity contribution >= 4 is 5.91 Å². The number of carbonyl (C=O) groups excluding carboxylic acids is 1. The zero-order valence-corrected chi connectivity index (χ0v) is 11.4. The summed E-state index contributed by atoms with van der Waals surface area (Å²) in [7, 11) is 0. The van der Waals surface area contributed by atoms with Gasteiger partial charge in [-0.05, 0) is 31.0 Å². The fraction of sp³-hybridized carbons (Fsp3) is 0.500. The van der Waals surface area contributed by atoms with Crippen LogP contribution >= 0.6 is 0 Å². The molecule has 1 saturated heterocycles. The lowest BCUT2D eigenvalue weighted by Crippen LogP contribution is -2.39. The summed E-state index contributed by atoms with van der Waals surface area (Å²) in [4.78, 5) is 13.8. The van der Waals surface area contributed by atoms with Crippen LogP contribution in [0.1, 0.15) is 24.9 Å². The number of likely N-dealkylation sites (tertiary alicyclic amines) is 1. The summed E-state index contributed by atoms with van der Waals surface area (Å²) in [5.74, 6) is -0.793. The number of aliphatic hydroxyl groups is 1. The summed E-state index contributed by atoms with van der Waals surface area (Å²) in [6.45, 7) is 2.83. The van der Waals surface area contributed by atoms with Gasteiger partial charge < -0.3 is 5.11 Å². The molecule has 2 rings (SSSR count). The molecule has 2 atom stereocenters. The molecule has 1 aliphatic rings. The fourth-order valence-corrected chi connectivity index (χ4v) is 2.32. The third kappa shape index (κ3) is 3.53. The van der Waals surface area contributed by atoms with Crippen molar-refractivity contribution in [3.05, 3.63) is 35.6 Å². The molecule has 0 spiro atoms. The van der Waals surface area contributed by atoms with Crippen LogP contribution in [0.5, 0.6) is 0 Å². The van der Waals surface area contributed by atoms with E-state index >= 15 is 0 Å². The number of carbonyl (C=O) groups is 1. The first-order valence-electron chi connectivity index (χ1n) is 6.64. The Labute approximate surface area is 117 Å². The molecule has 20 heavy (non-hydrogen) atoms. The number of benzene rings is 1. The minimum absolute atomic E-state index is 0.0685. The second-order valence-corrected chi connectivity index (χ2v) is 5.14. The van der Waals surface area contributed by atoms with E-state index in [2.05, 4.69) is 0 Å². The Hall–Kier alpha value is -1.50. The maximum atomic E-state index is 12.8. The maximum absolute atomic E-state index is 12.8. The molecule has 0 unspecified atom stereocenters. The molecule has 1 amide bonds. The Kier molecular flexibility index (Phi) is 4.69. The lowest BCUT2D eigenvalue weighted by molar-refractivity contribution is -0.176. The van der Waals surface area contributed by atoms with Crippen molar-refractivity contribution in [3.63, 3.8) is 0 Å². The van der Waals surface area contributed by atoms with Crippen LogP contribution < -0.4 is 0 Å². The summed E-state index contributed by atoms with van der Waals surface area (Å²) in [5.41, 5.74) is 0.656. The van der Waals surface area contributed by atoms with Crippen LogP contribution in [0.15, 0.2) is 24.3 Å². The maximum Gasteiger partial charge on any atom is 0.260 e. The van der Waals surface area contributed by atoms with Gasteiger partial charge in [-0.15, -0.1) is 0 Å². The Bertz CT molecular complexity index is 466. The summed E-state index contributed by atoms with van der Waals surface area (Å²) in [6.07, 6.45) is 0.246. The third-order valence-electron chi connectivity index (χ3n) is 3.58. The van der Waals surface area contributed by atoms with E-state index in [0.29, 0.717) is 30.1 Å². The van der Waals surface area contributed by atoms with E-state index in [1.54, 1.807) is 11.8 Å². The van der Waals surface area contributed by atoms with E-state index in [4.69, 9.17) is 0 Å². The molecule has 1 fully saturated rings. The summed E-state index contributed by atoms with van der Waals surface area (Å²) in [5, 5.41) is 20.0. The normalized spacial score (nSPS) is 20.9. The van der Waals surface area contributed by atoms with Gasteiger partial charge in [-0.1, -0.05) is 12.1 Å². The van der Waals surface area contributed by atoms with E-state index in [-0.39, 0.29) is 12.4 Å². The van der Waals surface area contributed by atoms with E-state index in [1.807, 2.05) is 0 Å². The van der Waals surface area contributed by atoms with Crippen molar-refractivity contribution < 1.29 is 19.5 Å². The molecule has 6 heteroatoms. The Morgan fingerprint density at radius 1 is 1.50 bits per heavy atom. The van der Waals surface area contributed by atoms with Crippen LogP contribution in [0.25, 0.3) is 0 Å². The van der Waals surface area contributed by atoms with Crippen LogP contribution in [-0.2, 0) is 4.79 Å². The van der Waals surface area contributed by atoms with Gasteiger partial charge in [-0.3, -0.25) is 14.9 Å². The highest BCUT2D eigenvalue weighted by atomic mass is 19.1. The Balaban J connectivity index is 1.93. The molecule has 5 nitrogen and oxygen atoms in total. The van der Waals surface area contributed by atoms with Crippen molar-refractivity contribution in [3.8, 4) is 0 Å². The van der Waals surface area contributed by atoms with Crippen molar-refractivity contribution in [2.45, 2.75) is 25.5 Å². The zero-order chi connectivity index (χ0) is 14.7. The van der Waals surface area contributed by atoms with Crippen molar-refractivity contribution in [2.24, 2.45) is 0 Å². The quantitative estimate of drug-likeness (QED) is 0.643. The lowest BCUT2D eigenvalue weighted by atomic mass is 10.1. The number of hydrogen-bond donors (Lipinski definition) is 2. The molecular formula is C14H19FN2O3. The van der Waals surface area contributed by atoms with Crippen LogP contribution in [-0.4, -0.2) is 51.9 Å². The predicted octanol–water partition coefficient (Wildman–Crippen LogP) is 1.17. The first-order chi connectivity index (χ1) is 9.47. The standard InChI is InChI=1S/C14H19FN2O3/c1-10(11-2-4-12(15)5-3-11)17(20)14(19)9-16-7-6-13(18)8-16/h2-5,10,13,18,20H,6-9H2,1H3/t10-,13-/m0/s1. The minimum atomic E-state index is -0.546. The third-order valence-corrected chi connectivity index (χ3v) is 3.58. The van der Waals surface area contributed by atoms with E-state index in [0.717, 1.165) is 0 Å². The smallest absolute Gasteiger partial charge is 0.260 e. The average Bonchev–Trinajstić information content (AvgIpc) is 2.83. The van der Waals surface area contributed by atoms with Crippen LogP contribution in [0.4, 0.5) is 4.39 Å². The van der Waals surface area contributed by atoms with Crippen molar-refractivity contribution in [1.82, 2.24) is 9.96 Å². The number of hydrogen-bond acceptors (Lipinski definition) is 4. The highest BCUT2D eigenvalue weighted by molar-refractivity contribution is 5.77. The molecule has 1 heterocycles. The second kappa shape index (κ2) is 6.30. The molecular weight excluding hydrogens is 263 g/mol. The molecule has 1 aliphatic heterocycles. The lowest BCUT2D eigenvalue weighted by Gasteiger charge is -2.25. The van der Waals surface area contributed by atoms with E-state index < -0.39 is 18.1 Å². The zero-order valence-electron chi connectivity index (χ0n) is 11.4. The largest absolute Gasteiger partial charge is 0.392 e. The topological polar surface area (TPSA) is 64.0 Å². The molecule has 0 bridgehead atoms. The number of nitrogens with zero attached hydrogens (tertiary/aromatic N) is 2. The van der Waals surface area contributed by atoms with E-state index in [9.17, 15) is 19.5 Å². The van der Waals surface area contributed by atoms with Gasteiger partial charge in [0.15, 0.2) is 0 Å². The summed E-state index contributed by atoms with van der Waals surface area (Å²) >= 11 is 0. The summed E-state index contributed by atoms with van der Waals surface area (Å²) in [6, 6.07) is 5.12. The first-order valence-corrected chi connectivity index (χ1v) is 6.64. The van der Waals surface area contributed by atoms with Gasteiger partial charge in [0, 0.05) is 13.1 Å². The number of rotatable bonds is 4. The van der Waals surface area contributed by atoms with Crippen LogP contribution in [0.2, 0.25) is 0 Å². The SMILES string of the molecule is C[C@@H](c1ccc(F)cc1)N(O)C(=O)CN1CC[C@H](O)C1. The van der Waals surface area contributed by atoms with Gasteiger partial charge in [0.05, 0.1) is 18.7 Å². The van der Waals surface area contributed by atoms with Gasteiger partial charge in [0.25, 0.3) is 5.91 Å².